The summed E-state index contributed by atoms with van der Waals surface area (Å²) >= 11 is 0. The average Bonchev–Trinajstić information content (AvgIpc) is 2.92. The molecule has 0 aromatic heterocycles. The Morgan fingerprint density at radius 3 is 2.61 bits per heavy atom. The maximum Gasteiger partial charge on any atom is 0.210 e. The fraction of sp³-hybridized carbons (Fsp3) is 0.462. The molecule has 1 heterocycles. The third kappa shape index (κ3) is 4.01. The van der Waals surface area contributed by atoms with Gasteiger partial charge in [0.1, 0.15) is 0 Å². The van der Waals surface area contributed by atoms with Gasteiger partial charge in [0.15, 0.2) is 0 Å². The van der Waals surface area contributed by atoms with Crippen LogP contribution in [-0.4, -0.2) is 37.0 Å². The smallest absolute Gasteiger partial charge is 0.210 e. The lowest BCUT2D eigenvalue weighted by molar-refractivity contribution is 0.349. The first-order valence-electron chi connectivity index (χ1n) is 6.44. The molecule has 0 saturated carbocycles. The largest absolute Gasteiger partial charge is 0.325 e. The predicted molar refractivity (Wildman–Crippen MR) is 75.4 cm³/mol. The molecule has 18 heavy (non-hydrogen) atoms. The molecule has 2 rings (SSSR count). The monoisotopic (exact) mass is 247 g/mol. The van der Waals surface area contributed by atoms with E-state index in [9.17, 15) is 0 Å². The van der Waals surface area contributed by atoms with E-state index >= 15 is 0 Å². The molecular weight excluding hydrogens is 226 g/mol. The number of anilines is 1. The quantitative estimate of drug-likeness (QED) is 0.321. The van der Waals surface area contributed by atoms with Crippen molar-refractivity contribution in [2.24, 2.45) is 10.8 Å². The molecule has 0 atom stereocenters. The van der Waals surface area contributed by atoms with Gasteiger partial charge in [-0.15, -0.1) is 0 Å². The van der Waals surface area contributed by atoms with Crippen LogP contribution in [0, 0.1) is 0 Å². The minimum Gasteiger partial charge on any atom is -0.325 e. The summed E-state index contributed by atoms with van der Waals surface area (Å²) in [6, 6.07) is 9.88. The fourth-order valence-corrected chi connectivity index (χ4v) is 2.09. The lowest BCUT2D eigenvalue weighted by atomic mass is 10.3. The molecule has 1 aliphatic rings. The van der Waals surface area contributed by atoms with Gasteiger partial charge in [-0.25, -0.2) is 5.84 Å². The van der Waals surface area contributed by atoms with Crippen LogP contribution in [-0.2, 0) is 0 Å². The van der Waals surface area contributed by atoms with Gasteiger partial charge in [0.05, 0.1) is 6.54 Å². The van der Waals surface area contributed by atoms with E-state index in [2.05, 4.69) is 20.6 Å². The van der Waals surface area contributed by atoms with Crippen molar-refractivity contribution in [2.45, 2.75) is 12.8 Å². The zero-order chi connectivity index (χ0) is 12.6. The number of para-hydroxylation sites is 1. The number of rotatable bonds is 4. The van der Waals surface area contributed by atoms with Crippen LogP contribution in [0.15, 0.2) is 35.3 Å². The highest BCUT2D eigenvalue weighted by Crippen LogP contribution is 2.06. The molecule has 5 heteroatoms. The number of hydrogen-bond acceptors (Lipinski definition) is 3. The summed E-state index contributed by atoms with van der Waals surface area (Å²) in [4.78, 5) is 6.86. The molecule has 1 aliphatic heterocycles. The number of guanidine groups is 1. The summed E-state index contributed by atoms with van der Waals surface area (Å²) in [5, 5.41) is 3.15. The maximum absolute atomic E-state index is 5.46. The summed E-state index contributed by atoms with van der Waals surface area (Å²) in [7, 11) is 0. The molecule has 4 N–H and O–H groups in total. The SMILES string of the molecule is NNC(=NCCN1CCCC1)Nc1ccccc1. The van der Waals surface area contributed by atoms with E-state index in [1.54, 1.807) is 0 Å². The number of nitrogens with two attached hydrogens (primary N) is 1. The zero-order valence-electron chi connectivity index (χ0n) is 10.6. The Labute approximate surface area is 108 Å². The molecule has 1 aromatic carbocycles. The van der Waals surface area contributed by atoms with Gasteiger partial charge in [0, 0.05) is 12.2 Å². The standard InChI is InChI=1S/C13H21N5/c14-17-13(16-12-6-2-1-3-7-12)15-8-11-18-9-4-5-10-18/h1-3,6-7H,4-5,8-11,14H2,(H2,15,16,17). The summed E-state index contributed by atoms with van der Waals surface area (Å²) in [5.41, 5.74) is 3.58. The van der Waals surface area contributed by atoms with Gasteiger partial charge in [-0.1, -0.05) is 18.2 Å². The molecule has 1 fully saturated rings. The number of aliphatic imine (C=N–C) groups is 1. The van der Waals surface area contributed by atoms with Gasteiger partial charge in [0.25, 0.3) is 0 Å². The number of nitrogens with zero attached hydrogens (tertiary/aromatic N) is 2. The summed E-state index contributed by atoms with van der Waals surface area (Å²) in [5.74, 6) is 6.07. The second-order valence-electron chi connectivity index (χ2n) is 4.41. The van der Waals surface area contributed by atoms with Crippen molar-refractivity contribution in [3.05, 3.63) is 30.3 Å². The molecule has 0 spiro atoms. The third-order valence-electron chi connectivity index (χ3n) is 3.06. The highest BCUT2D eigenvalue weighted by atomic mass is 15.3. The van der Waals surface area contributed by atoms with Crippen LogP contribution in [0.1, 0.15) is 12.8 Å². The Morgan fingerprint density at radius 2 is 1.94 bits per heavy atom. The molecule has 0 bridgehead atoms. The minimum atomic E-state index is 0.611. The first-order valence-corrected chi connectivity index (χ1v) is 6.44. The Hall–Kier alpha value is -1.59. The lowest BCUT2D eigenvalue weighted by Crippen LogP contribution is -2.37. The van der Waals surface area contributed by atoms with Gasteiger partial charge in [-0.05, 0) is 38.1 Å². The van der Waals surface area contributed by atoms with Crippen LogP contribution in [0.25, 0.3) is 0 Å². The Morgan fingerprint density at radius 1 is 1.22 bits per heavy atom. The van der Waals surface area contributed by atoms with E-state index in [1.165, 1.54) is 25.9 Å². The van der Waals surface area contributed by atoms with Crippen molar-refractivity contribution >= 4 is 11.6 Å². The Bertz CT molecular complexity index is 370. The Balaban J connectivity index is 1.80. The highest BCUT2D eigenvalue weighted by molar-refractivity contribution is 5.93. The predicted octanol–water partition coefficient (Wildman–Crippen LogP) is 1.01. The van der Waals surface area contributed by atoms with Crippen molar-refractivity contribution in [1.29, 1.82) is 0 Å². The van der Waals surface area contributed by atoms with Crippen LogP contribution in [0.3, 0.4) is 0 Å². The molecule has 0 aliphatic carbocycles. The third-order valence-corrected chi connectivity index (χ3v) is 3.06. The maximum atomic E-state index is 5.46. The van der Waals surface area contributed by atoms with Gasteiger partial charge in [-0.2, -0.15) is 0 Å². The minimum absolute atomic E-state index is 0.611. The first kappa shape index (κ1) is 12.9. The van der Waals surface area contributed by atoms with Crippen molar-refractivity contribution in [3.63, 3.8) is 0 Å². The molecular formula is C13H21N5. The van der Waals surface area contributed by atoms with Gasteiger partial charge >= 0.3 is 0 Å². The van der Waals surface area contributed by atoms with Crippen molar-refractivity contribution in [3.8, 4) is 0 Å². The molecule has 0 amide bonds. The van der Waals surface area contributed by atoms with Crippen LogP contribution >= 0.6 is 0 Å². The molecule has 0 unspecified atom stereocenters. The number of hydrogen-bond donors (Lipinski definition) is 3. The normalized spacial score (nSPS) is 16.8. The molecule has 5 nitrogen and oxygen atoms in total. The van der Waals surface area contributed by atoms with E-state index in [-0.39, 0.29) is 0 Å². The molecule has 1 aromatic rings. The molecule has 0 radical (unpaired) electrons. The van der Waals surface area contributed by atoms with Gasteiger partial charge < -0.3 is 10.2 Å². The summed E-state index contributed by atoms with van der Waals surface area (Å²) in [6.45, 7) is 4.17. The second kappa shape index (κ2) is 6.98. The highest BCUT2D eigenvalue weighted by Gasteiger charge is 2.10. The number of benzene rings is 1. The molecule has 98 valence electrons. The molecule has 1 saturated heterocycles. The topological polar surface area (TPSA) is 65.7 Å². The summed E-state index contributed by atoms with van der Waals surface area (Å²) in [6.07, 6.45) is 2.63. The van der Waals surface area contributed by atoms with Gasteiger partial charge in [0.2, 0.25) is 5.96 Å². The number of hydrazine groups is 1. The first-order chi connectivity index (χ1) is 8.88. The van der Waals surface area contributed by atoms with E-state index < -0.39 is 0 Å². The van der Waals surface area contributed by atoms with E-state index in [1.807, 2.05) is 30.3 Å². The lowest BCUT2D eigenvalue weighted by Gasteiger charge is -2.13. The van der Waals surface area contributed by atoms with Crippen LogP contribution in [0.2, 0.25) is 0 Å². The summed E-state index contributed by atoms with van der Waals surface area (Å²) < 4.78 is 0. The van der Waals surface area contributed by atoms with E-state index in [4.69, 9.17) is 5.84 Å². The van der Waals surface area contributed by atoms with Crippen LogP contribution < -0.4 is 16.6 Å². The fourth-order valence-electron chi connectivity index (χ4n) is 2.09. The number of nitrogens with one attached hydrogen (secondary N) is 2. The van der Waals surface area contributed by atoms with Crippen molar-refractivity contribution in [1.82, 2.24) is 10.3 Å². The van der Waals surface area contributed by atoms with E-state index in [0.29, 0.717) is 5.96 Å². The van der Waals surface area contributed by atoms with E-state index in [0.717, 1.165) is 18.8 Å². The second-order valence-corrected chi connectivity index (χ2v) is 4.41. The number of likely N-dealkylation sites (tertiary alicyclic amines) is 1. The van der Waals surface area contributed by atoms with Gasteiger partial charge in [-0.3, -0.25) is 10.4 Å². The van der Waals surface area contributed by atoms with Crippen LogP contribution in [0.4, 0.5) is 5.69 Å². The van der Waals surface area contributed by atoms with Crippen molar-refractivity contribution in [2.75, 3.05) is 31.5 Å². The van der Waals surface area contributed by atoms with Crippen LogP contribution in [0.5, 0.6) is 0 Å². The van der Waals surface area contributed by atoms with Crippen molar-refractivity contribution < 1.29 is 0 Å². The average molecular weight is 247 g/mol. The zero-order valence-corrected chi connectivity index (χ0v) is 10.6. The Kier molecular flexibility index (Phi) is 4.99.